The zero-order chi connectivity index (χ0) is 23.3. The summed E-state index contributed by atoms with van der Waals surface area (Å²) in [4.78, 5) is 30.3. The Bertz CT molecular complexity index is 1110. The number of rotatable bonds is 9. The van der Waals surface area contributed by atoms with Crippen molar-refractivity contribution in [1.82, 2.24) is 25.1 Å². The number of hydrogen-bond donors (Lipinski definition) is 2. The van der Waals surface area contributed by atoms with Crippen LogP contribution in [0.4, 0.5) is 5.13 Å². The van der Waals surface area contributed by atoms with Gasteiger partial charge in [-0.25, -0.2) is 4.98 Å². The maximum Gasteiger partial charge on any atom is 0.251 e. The second kappa shape index (κ2) is 10.8. The van der Waals surface area contributed by atoms with Gasteiger partial charge in [-0.2, -0.15) is 0 Å². The molecule has 0 radical (unpaired) electrons. The molecule has 11 heteroatoms. The number of aryl methyl sites for hydroxylation is 2. The summed E-state index contributed by atoms with van der Waals surface area (Å²) in [6, 6.07) is 6.23. The number of carbonyl (C=O) groups is 2. The third-order valence-electron chi connectivity index (χ3n) is 4.51. The van der Waals surface area contributed by atoms with Gasteiger partial charge in [0.15, 0.2) is 16.1 Å². The maximum absolute atomic E-state index is 12.5. The molecule has 0 spiro atoms. The molecular formula is C21H23ClN6O2S2. The standard InChI is InChI=1S/C21H23ClN6O2S2/c1-5-10-28-18(13(3)23-19(30)15-6-8-16(22)9-7-15)26-27-21(28)31-11-17(29)25-20-24-12(2)14(4)32-20/h5-9,13H,1,10-11H2,2-4H3,(H,23,30)(H,24,25,29)/t13-/m1/s1. The number of nitrogens with one attached hydrogen (secondary N) is 2. The van der Waals surface area contributed by atoms with Crippen LogP contribution < -0.4 is 10.6 Å². The smallest absolute Gasteiger partial charge is 0.251 e. The number of thioether (sulfide) groups is 1. The average molecular weight is 491 g/mol. The van der Waals surface area contributed by atoms with Gasteiger partial charge in [0.05, 0.1) is 17.5 Å². The lowest BCUT2D eigenvalue weighted by atomic mass is 10.2. The van der Waals surface area contributed by atoms with Gasteiger partial charge in [-0.15, -0.1) is 28.1 Å². The van der Waals surface area contributed by atoms with Crippen LogP contribution >= 0.6 is 34.7 Å². The van der Waals surface area contributed by atoms with Crippen molar-refractivity contribution in [3.05, 3.63) is 63.9 Å². The Labute approximate surface area is 199 Å². The number of amides is 2. The number of benzene rings is 1. The molecule has 3 aromatic rings. The van der Waals surface area contributed by atoms with Crippen molar-refractivity contribution in [2.24, 2.45) is 0 Å². The molecule has 2 heterocycles. The van der Waals surface area contributed by atoms with E-state index in [0.717, 1.165) is 10.6 Å². The summed E-state index contributed by atoms with van der Waals surface area (Å²) in [6.45, 7) is 9.92. The molecule has 3 rings (SSSR count). The molecule has 0 fully saturated rings. The van der Waals surface area contributed by atoms with Gasteiger partial charge in [-0.1, -0.05) is 29.4 Å². The van der Waals surface area contributed by atoms with E-state index >= 15 is 0 Å². The molecule has 2 N–H and O–H groups in total. The normalized spacial score (nSPS) is 11.8. The topological polar surface area (TPSA) is 102 Å². The Balaban J connectivity index is 1.65. The van der Waals surface area contributed by atoms with E-state index in [0.29, 0.717) is 33.2 Å². The van der Waals surface area contributed by atoms with Crippen molar-refractivity contribution in [3.8, 4) is 0 Å². The molecule has 32 heavy (non-hydrogen) atoms. The Morgan fingerprint density at radius 1 is 1.28 bits per heavy atom. The minimum absolute atomic E-state index is 0.151. The number of nitrogens with zero attached hydrogens (tertiary/aromatic N) is 4. The van der Waals surface area contributed by atoms with Crippen LogP contribution in [0.15, 0.2) is 42.1 Å². The van der Waals surface area contributed by atoms with E-state index in [1.54, 1.807) is 30.3 Å². The SMILES string of the molecule is C=CCn1c(SCC(=O)Nc2nc(C)c(C)s2)nnc1[C@@H](C)NC(=O)c1ccc(Cl)cc1. The Morgan fingerprint density at radius 2 is 2.00 bits per heavy atom. The second-order valence-corrected chi connectivity index (χ2v) is 9.52. The zero-order valence-electron chi connectivity index (χ0n) is 17.9. The number of halogens is 1. The van der Waals surface area contributed by atoms with Crippen molar-refractivity contribution in [3.63, 3.8) is 0 Å². The van der Waals surface area contributed by atoms with Crippen molar-refractivity contribution >= 4 is 51.6 Å². The summed E-state index contributed by atoms with van der Waals surface area (Å²) in [7, 11) is 0. The van der Waals surface area contributed by atoms with Crippen LogP contribution in [0.3, 0.4) is 0 Å². The molecule has 8 nitrogen and oxygen atoms in total. The number of thiazole rings is 1. The van der Waals surface area contributed by atoms with E-state index in [1.807, 2.05) is 25.3 Å². The van der Waals surface area contributed by atoms with Crippen LogP contribution in [0.5, 0.6) is 0 Å². The first-order valence-corrected chi connectivity index (χ1v) is 11.9. The Kier molecular flexibility index (Phi) is 8.05. The first-order chi connectivity index (χ1) is 15.3. The van der Waals surface area contributed by atoms with Crippen LogP contribution in [0.25, 0.3) is 0 Å². The van der Waals surface area contributed by atoms with Crippen LogP contribution in [0, 0.1) is 13.8 Å². The minimum Gasteiger partial charge on any atom is -0.342 e. The molecule has 0 aliphatic rings. The van der Waals surface area contributed by atoms with Crippen molar-refractivity contribution in [2.45, 2.75) is 38.5 Å². The first kappa shape index (κ1) is 24.0. The van der Waals surface area contributed by atoms with E-state index < -0.39 is 6.04 Å². The average Bonchev–Trinajstić information content (AvgIpc) is 3.29. The van der Waals surface area contributed by atoms with Gasteiger partial charge in [-0.05, 0) is 45.0 Å². The summed E-state index contributed by atoms with van der Waals surface area (Å²) in [5, 5.41) is 15.9. The molecule has 0 unspecified atom stereocenters. The van der Waals surface area contributed by atoms with E-state index in [-0.39, 0.29) is 17.6 Å². The van der Waals surface area contributed by atoms with E-state index in [2.05, 4.69) is 32.4 Å². The molecule has 0 saturated heterocycles. The fourth-order valence-corrected chi connectivity index (χ4v) is 4.50. The minimum atomic E-state index is -0.407. The quantitative estimate of drug-likeness (QED) is 0.340. The summed E-state index contributed by atoms with van der Waals surface area (Å²) >= 11 is 8.59. The first-order valence-electron chi connectivity index (χ1n) is 9.75. The van der Waals surface area contributed by atoms with E-state index in [9.17, 15) is 9.59 Å². The fraction of sp³-hybridized carbons (Fsp3) is 0.286. The molecular weight excluding hydrogens is 468 g/mol. The van der Waals surface area contributed by atoms with Gasteiger partial charge < -0.3 is 15.2 Å². The number of allylic oxidation sites excluding steroid dienone is 1. The van der Waals surface area contributed by atoms with E-state index in [1.165, 1.54) is 23.1 Å². The van der Waals surface area contributed by atoms with Crippen molar-refractivity contribution < 1.29 is 9.59 Å². The van der Waals surface area contributed by atoms with Gasteiger partial charge in [0.1, 0.15) is 0 Å². The zero-order valence-corrected chi connectivity index (χ0v) is 20.3. The summed E-state index contributed by atoms with van der Waals surface area (Å²) in [5.74, 6) is 0.298. The predicted molar refractivity (Wildman–Crippen MR) is 128 cm³/mol. The largest absolute Gasteiger partial charge is 0.342 e. The lowest BCUT2D eigenvalue weighted by Crippen LogP contribution is -2.28. The molecule has 2 amide bonds. The number of aromatic nitrogens is 4. The number of anilines is 1. The Morgan fingerprint density at radius 3 is 2.62 bits per heavy atom. The predicted octanol–water partition coefficient (Wildman–Crippen LogP) is 4.41. The molecule has 0 aliphatic heterocycles. The maximum atomic E-state index is 12.5. The van der Waals surface area contributed by atoms with Crippen LogP contribution in [0.2, 0.25) is 5.02 Å². The van der Waals surface area contributed by atoms with E-state index in [4.69, 9.17) is 11.6 Å². The fourth-order valence-electron chi connectivity index (χ4n) is 2.79. The third-order valence-corrected chi connectivity index (χ3v) is 6.71. The summed E-state index contributed by atoms with van der Waals surface area (Å²) in [5.41, 5.74) is 1.40. The molecule has 2 aromatic heterocycles. The van der Waals surface area contributed by atoms with Crippen LogP contribution in [0.1, 0.15) is 39.7 Å². The number of hydrogen-bond acceptors (Lipinski definition) is 7. The highest BCUT2D eigenvalue weighted by atomic mass is 35.5. The lowest BCUT2D eigenvalue weighted by Gasteiger charge is -2.15. The Hall–Kier alpha value is -2.69. The van der Waals surface area contributed by atoms with Crippen LogP contribution in [-0.4, -0.2) is 37.3 Å². The van der Waals surface area contributed by atoms with Gasteiger partial charge in [-0.3, -0.25) is 9.59 Å². The van der Waals surface area contributed by atoms with Crippen LogP contribution in [-0.2, 0) is 11.3 Å². The summed E-state index contributed by atoms with van der Waals surface area (Å²) < 4.78 is 1.83. The van der Waals surface area contributed by atoms with Crippen molar-refractivity contribution in [2.75, 3.05) is 11.1 Å². The van der Waals surface area contributed by atoms with Gasteiger partial charge in [0.25, 0.3) is 5.91 Å². The summed E-state index contributed by atoms with van der Waals surface area (Å²) in [6.07, 6.45) is 1.71. The highest BCUT2D eigenvalue weighted by molar-refractivity contribution is 7.99. The molecule has 0 saturated carbocycles. The van der Waals surface area contributed by atoms with Gasteiger partial charge in [0, 0.05) is 22.0 Å². The molecule has 0 aliphatic carbocycles. The lowest BCUT2D eigenvalue weighted by molar-refractivity contribution is -0.113. The second-order valence-electron chi connectivity index (χ2n) is 6.94. The van der Waals surface area contributed by atoms with Gasteiger partial charge in [0.2, 0.25) is 5.91 Å². The molecule has 0 bridgehead atoms. The molecule has 1 atom stereocenters. The monoisotopic (exact) mass is 490 g/mol. The third kappa shape index (κ3) is 5.96. The van der Waals surface area contributed by atoms with Gasteiger partial charge >= 0.3 is 0 Å². The molecule has 168 valence electrons. The highest BCUT2D eigenvalue weighted by Gasteiger charge is 2.20. The molecule has 1 aromatic carbocycles. The van der Waals surface area contributed by atoms with Crippen molar-refractivity contribution in [1.29, 1.82) is 0 Å². The number of carbonyl (C=O) groups excluding carboxylic acids is 2. The highest BCUT2D eigenvalue weighted by Crippen LogP contribution is 2.24.